The third-order valence-electron chi connectivity index (χ3n) is 2.42. The van der Waals surface area contributed by atoms with Gasteiger partial charge in [-0.2, -0.15) is 0 Å². The molecule has 0 aliphatic heterocycles. The van der Waals surface area contributed by atoms with Gasteiger partial charge in [0.05, 0.1) is 6.20 Å². The lowest BCUT2D eigenvalue weighted by atomic mass is 10.4. The van der Waals surface area contributed by atoms with Gasteiger partial charge in [0.2, 0.25) is 0 Å². The van der Waals surface area contributed by atoms with Crippen molar-refractivity contribution >= 4 is 28.1 Å². The minimum atomic E-state index is -0.762. The van der Waals surface area contributed by atoms with Gasteiger partial charge in [0.15, 0.2) is 17.3 Å². The monoisotopic (exact) mass is 268 g/mol. The van der Waals surface area contributed by atoms with Crippen LogP contribution in [0.5, 0.6) is 0 Å². The number of hydrazine groups is 1. The molecule has 2 heterocycles. The van der Waals surface area contributed by atoms with E-state index in [1.54, 1.807) is 18.6 Å². The SMILES string of the molecule is CS(=O)CCCNc1nc(NN)cn2ccnc12. The fourth-order valence-electron chi connectivity index (χ4n) is 1.60. The number of nitrogens with zero attached hydrogens (tertiary/aromatic N) is 3. The van der Waals surface area contributed by atoms with Crippen LogP contribution < -0.4 is 16.6 Å². The number of anilines is 2. The lowest BCUT2D eigenvalue weighted by molar-refractivity contribution is 0.685. The molecule has 1 atom stereocenters. The van der Waals surface area contributed by atoms with Gasteiger partial charge < -0.3 is 15.1 Å². The molecule has 2 aromatic heterocycles. The maximum atomic E-state index is 11.0. The Balaban J connectivity index is 2.10. The standard InChI is InChI=1S/C10H16N6OS/c1-18(17)6-2-3-12-9-10-13-4-5-16(10)7-8(14-9)15-11/h4-5,7,15H,2-3,6,11H2,1H3,(H,12,14). The van der Waals surface area contributed by atoms with Crippen LogP contribution in [0.1, 0.15) is 6.42 Å². The minimum absolute atomic E-state index is 0.557. The van der Waals surface area contributed by atoms with Gasteiger partial charge in [0.1, 0.15) is 0 Å². The molecule has 0 saturated carbocycles. The number of hydrogen-bond acceptors (Lipinski definition) is 6. The Bertz CT molecular complexity index is 554. The second kappa shape index (κ2) is 5.78. The summed E-state index contributed by atoms with van der Waals surface area (Å²) in [6, 6.07) is 0. The summed E-state index contributed by atoms with van der Waals surface area (Å²) in [4.78, 5) is 8.52. The highest BCUT2D eigenvalue weighted by Crippen LogP contribution is 2.15. The summed E-state index contributed by atoms with van der Waals surface area (Å²) in [6.45, 7) is 0.698. The predicted molar refractivity (Wildman–Crippen MR) is 72.8 cm³/mol. The molecule has 0 aromatic carbocycles. The zero-order valence-corrected chi connectivity index (χ0v) is 10.9. The number of fused-ring (bicyclic) bond motifs is 1. The number of nitrogens with two attached hydrogens (primary N) is 1. The first-order chi connectivity index (χ1) is 8.70. The first-order valence-corrected chi connectivity index (χ1v) is 7.27. The van der Waals surface area contributed by atoms with Crippen LogP contribution in [-0.4, -0.2) is 37.1 Å². The fraction of sp³-hybridized carbons (Fsp3) is 0.400. The Morgan fingerprint density at radius 1 is 1.56 bits per heavy atom. The molecule has 0 amide bonds. The van der Waals surface area contributed by atoms with Gasteiger partial charge in [0.25, 0.3) is 0 Å². The van der Waals surface area contributed by atoms with Crippen molar-refractivity contribution in [2.75, 3.05) is 29.3 Å². The molecule has 18 heavy (non-hydrogen) atoms. The highest BCUT2D eigenvalue weighted by molar-refractivity contribution is 7.84. The van der Waals surface area contributed by atoms with Gasteiger partial charge in [-0.25, -0.2) is 15.8 Å². The Morgan fingerprint density at radius 2 is 2.39 bits per heavy atom. The van der Waals surface area contributed by atoms with Crippen molar-refractivity contribution in [3.8, 4) is 0 Å². The topological polar surface area (TPSA) is 97.3 Å². The second-order valence-corrected chi connectivity index (χ2v) is 5.39. The van der Waals surface area contributed by atoms with Crippen LogP contribution in [0, 0.1) is 0 Å². The Kier molecular flexibility index (Phi) is 4.11. The first kappa shape index (κ1) is 12.8. The normalized spacial score (nSPS) is 12.6. The van der Waals surface area contributed by atoms with Crippen molar-refractivity contribution in [3.05, 3.63) is 18.6 Å². The molecule has 0 bridgehead atoms. The van der Waals surface area contributed by atoms with Crippen LogP contribution in [-0.2, 0) is 10.8 Å². The van der Waals surface area contributed by atoms with Crippen molar-refractivity contribution < 1.29 is 4.21 Å². The van der Waals surface area contributed by atoms with Crippen LogP contribution in [0.4, 0.5) is 11.6 Å². The second-order valence-electron chi connectivity index (χ2n) is 3.83. The number of aromatic nitrogens is 3. The molecule has 8 heteroatoms. The Labute approximate surface area is 107 Å². The van der Waals surface area contributed by atoms with E-state index in [1.165, 1.54) is 0 Å². The van der Waals surface area contributed by atoms with Gasteiger partial charge in [-0.05, 0) is 6.42 Å². The molecule has 0 saturated heterocycles. The summed E-state index contributed by atoms with van der Waals surface area (Å²) in [6.07, 6.45) is 7.80. The van der Waals surface area contributed by atoms with Crippen molar-refractivity contribution in [1.29, 1.82) is 0 Å². The molecule has 0 spiro atoms. The maximum Gasteiger partial charge on any atom is 0.180 e. The number of rotatable bonds is 6. The molecule has 0 fully saturated rings. The maximum absolute atomic E-state index is 11.0. The molecule has 0 radical (unpaired) electrons. The van der Waals surface area contributed by atoms with Gasteiger partial charge in [-0.3, -0.25) is 4.21 Å². The molecule has 0 aliphatic rings. The summed E-state index contributed by atoms with van der Waals surface area (Å²) < 4.78 is 12.8. The molecule has 7 nitrogen and oxygen atoms in total. The van der Waals surface area contributed by atoms with E-state index in [-0.39, 0.29) is 0 Å². The average molecular weight is 268 g/mol. The Morgan fingerprint density at radius 3 is 3.11 bits per heavy atom. The molecule has 0 aliphatic carbocycles. The van der Waals surface area contributed by atoms with Gasteiger partial charge in [-0.15, -0.1) is 0 Å². The van der Waals surface area contributed by atoms with E-state index in [2.05, 4.69) is 20.7 Å². The molecule has 98 valence electrons. The summed E-state index contributed by atoms with van der Waals surface area (Å²) in [7, 11) is -0.762. The molecular formula is C10H16N6OS. The highest BCUT2D eigenvalue weighted by Gasteiger charge is 2.06. The quantitative estimate of drug-likeness (QED) is 0.393. The molecule has 2 rings (SSSR count). The number of hydrogen-bond donors (Lipinski definition) is 3. The van der Waals surface area contributed by atoms with Crippen molar-refractivity contribution in [2.24, 2.45) is 5.84 Å². The number of imidazole rings is 1. The van der Waals surface area contributed by atoms with Crippen molar-refractivity contribution in [2.45, 2.75) is 6.42 Å². The lowest BCUT2D eigenvalue weighted by Gasteiger charge is -2.08. The highest BCUT2D eigenvalue weighted by atomic mass is 32.2. The zero-order valence-electron chi connectivity index (χ0n) is 10.1. The van der Waals surface area contributed by atoms with Crippen LogP contribution in [0.25, 0.3) is 5.65 Å². The smallest absolute Gasteiger partial charge is 0.180 e. The molecule has 1 unspecified atom stereocenters. The summed E-state index contributed by atoms with van der Waals surface area (Å²) >= 11 is 0. The average Bonchev–Trinajstić information content (AvgIpc) is 2.82. The van der Waals surface area contributed by atoms with E-state index >= 15 is 0 Å². The van der Waals surface area contributed by atoms with E-state index < -0.39 is 10.8 Å². The van der Waals surface area contributed by atoms with Crippen LogP contribution >= 0.6 is 0 Å². The molecule has 2 aromatic rings. The fourth-order valence-corrected chi connectivity index (χ4v) is 2.15. The van der Waals surface area contributed by atoms with Gasteiger partial charge in [0, 0.05) is 41.7 Å². The van der Waals surface area contributed by atoms with Crippen LogP contribution in [0.2, 0.25) is 0 Å². The molecular weight excluding hydrogens is 252 g/mol. The van der Waals surface area contributed by atoms with E-state index in [9.17, 15) is 4.21 Å². The van der Waals surface area contributed by atoms with Gasteiger partial charge in [-0.1, -0.05) is 0 Å². The van der Waals surface area contributed by atoms with Gasteiger partial charge >= 0.3 is 0 Å². The third kappa shape index (κ3) is 2.96. The van der Waals surface area contributed by atoms with E-state index in [0.717, 1.165) is 12.1 Å². The lowest BCUT2D eigenvalue weighted by Crippen LogP contribution is -2.13. The Hall–Kier alpha value is -1.67. The van der Waals surface area contributed by atoms with E-state index in [0.29, 0.717) is 23.9 Å². The first-order valence-electron chi connectivity index (χ1n) is 5.55. The molecule has 4 N–H and O–H groups in total. The number of nitrogen functional groups attached to an aromatic ring is 1. The van der Waals surface area contributed by atoms with E-state index in [1.807, 2.05) is 10.6 Å². The van der Waals surface area contributed by atoms with Crippen molar-refractivity contribution in [3.63, 3.8) is 0 Å². The largest absolute Gasteiger partial charge is 0.367 e. The van der Waals surface area contributed by atoms with E-state index in [4.69, 9.17) is 5.84 Å². The van der Waals surface area contributed by atoms with Crippen LogP contribution in [0.15, 0.2) is 18.6 Å². The van der Waals surface area contributed by atoms with Crippen molar-refractivity contribution in [1.82, 2.24) is 14.4 Å². The summed E-state index contributed by atoms with van der Waals surface area (Å²) in [5.74, 6) is 7.25. The predicted octanol–water partition coefficient (Wildman–Crippen LogP) is 0.195. The zero-order chi connectivity index (χ0) is 13.0. The van der Waals surface area contributed by atoms with Crippen LogP contribution in [0.3, 0.4) is 0 Å². The summed E-state index contributed by atoms with van der Waals surface area (Å²) in [5.41, 5.74) is 3.25. The third-order valence-corrected chi connectivity index (χ3v) is 3.29. The number of nitrogens with one attached hydrogen (secondary N) is 2. The minimum Gasteiger partial charge on any atom is -0.367 e. The summed E-state index contributed by atoms with van der Waals surface area (Å²) in [5, 5.41) is 3.18.